The van der Waals surface area contributed by atoms with Gasteiger partial charge in [0.15, 0.2) is 5.78 Å². The van der Waals surface area contributed by atoms with Gasteiger partial charge in [0.1, 0.15) is 0 Å². The highest BCUT2D eigenvalue weighted by molar-refractivity contribution is 6.01. The third-order valence-corrected chi connectivity index (χ3v) is 3.48. The van der Waals surface area contributed by atoms with Crippen molar-refractivity contribution in [1.82, 2.24) is 0 Å². The van der Waals surface area contributed by atoms with Crippen molar-refractivity contribution in [3.8, 4) is 0 Å². The molecule has 1 aromatic carbocycles. The summed E-state index contributed by atoms with van der Waals surface area (Å²) < 4.78 is 0. The van der Waals surface area contributed by atoms with Crippen LogP contribution in [-0.2, 0) is 0 Å². The van der Waals surface area contributed by atoms with Gasteiger partial charge in [-0.15, -0.1) is 0 Å². The van der Waals surface area contributed by atoms with E-state index in [1.165, 1.54) is 5.56 Å². The quantitative estimate of drug-likeness (QED) is 0.670. The summed E-state index contributed by atoms with van der Waals surface area (Å²) in [7, 11) is 0. The van der Waals surface area contributed by atoms with E-state index in [-0.39, 0.29) is 11.3 Å². The highest BCUT2D eigenvalue weighted by Gasteiger charge is 2.50. The average molecular weight is 202 g/mol. The molecule has 2 rings (SSSR count). The van der Waals surface area contributed by atoms with Crippen LogP contribution in [0, 0.1) is 25.2 Å². The first kappa shape index (κ1) is 10.4. The van der Waals surface area contributed by atoms with Crippen molar-refractivity contribution in [3.05, 3.63) is 34.9 Å². The molecule has 1 saturated carbocycles. The van der Waals surface area contributed by atoms with E-state index in [1.54, 1.807) is 0 Å². The molecule has 0 spiro atoms. The van der Waals surface area contributed by atoms with Crippen LogP contribution in [-0.4, -0.2) is 5.78 Å². The summed E-state index contributed by atoms with van der Waals surface area (Å²) in [6.45, 7) is 8.41. The molecule has 0 heterocycles. The van der Waals surface area contributed by atoms with Crippen LogP contribution in [0.15, 0.2) is 18.2 Å². The average Bonchev–Trinajstić information content (AvgIpc) is 2.74. The predicted octanol–water partition coefficient (Wildman–Crippen LogP) is 3.53. The van der Waals surface area contributed by atoms with E-state index in [4.69, 9.17) is 0 Å². The number of rotatable bonds is 2. The fraction of sp³-hybridized carbons (Fsp3) is 0.500. The lowest BCUT2D eigenvalue weighted by atomic mass is 9.96. The van der Waals surface area contributed by atoms with Gasteiger partial charge >= 0.3 is 0 Å². The van der Waals surface area contributed by atoms with Gasteiger partial charge in [-0.3, -0.25) is 4.79 Å². The molecule has 0 N–H and O–H groups in total. The molecule has 0 saturated heterocycles. The number of aryl methyl sites for hydroxylation is 2. The van der Waals surface area contributed by atoms with Gasteiger partial charge in [0, 0.05) is 11.5 Å². The summed E-state index contributed by atoms with van der Waals surface area (Å²) in [6.07, 6.45) is 1.04. The molecule has 1 heteroatoms. The molecule has 1 aliphatic rings. The van der Waals surface area contributed by atoms with Gasteiger partial charge in [0.2, 0.25) is 0 Å². The number of Topliss-reactive ketones (excluding diaryl/α,β-unsaturated/α-hetero) is 1. The highest BCUT2D eigenvalue weighted by Crippen LogP contribution is 2.53. The van der Waals surface area contributed by atoms with Crippen LogP contribution in [0.4, 0.5) is 0 Å². The van der Waals surface area contributed by atoms with E-state index < -0.39 is 0 Å². The Kier molecular flexibility index (Phi) is 2.22. The SMILES string of the molecule is Cc1ccc(C(=O)C2CC2(C)C)c(C)c1. The molecule has 1 unspecified atom stereocenters. The number of carbonyl (C=O) groups is 1. The maximum absolute atomic E-state index is 12.2. The third kappa shape index (κ3) is 1.83. The Hall–Kier alpha value is -1.11. The van der Waals surface area contributed by atoms with Crippen molar-refractivity contribution in [1.29, 1.82) is 0 Å². The van der Waals surface area contributed by atoms with Gasteiger partial charge in [-0.2, -0.15) is 0 Å². The van der Waals surface area contributed by atoms with Crippen LogP contribution >= 0.6 is 0 Å². The molecular formula is C14H18O. The molecule has 0 bridgehead atoms. The minimum atomic E-state index is 0.231. The Morgan fingerprint density at radius 3 is 2.40 bits per heavy atom. The maximum Gasteiger partial charge on any atom is 0.166 e. The first-order chi connectivity index (χ1) is 6.92. The fourth-order valence-electron chi connectivity index (χ4n) is 2.19. The fourth-order valence-corrected chi connectivity index (χ4v) is 2.19. The van der Waals surface area contributed by atoms with E-state index >= 15 is 0 Å². The van der Waals surface area contributed by atoms with Crippen LogP contribution in [0.2, 0.25) is 0 Å². The van der Waals surface area contributed by atoms with Crippen molar-refractivity contribution in [3.63, 3.8) is 0 Å². The summed E-state index contributed by atoms with van der Waals surface area (Å²) >= 11 is 0. The summed E-state index contributed by atoms with van der Waals surface area (Å²) in [4.78, 5) is 12.2. The number of ketones is 1. The smallest absolute Gasteiger partial charge is 0.166 e. The largest absolute Gasteiger partial charge is 0.294 e. The Labute approximate surface area is 91.5 Å². The molecule has 0 radical (unpaired) electrons. The normalized spacial score (nSPS) is 22.5. The standard InChI is InChI=1S/C14H18O/c1-9-5-6-11(10(2)7-9)13(15)12-8-14(12,3)4/h5-7,12H,8H2,1-4H3. The lowest BCUT2D eigenvalue weighted by Gasteiger charge is -2.07. The van der Waals surface area contributed by atoms with Gasteiger partial charge in [-0.05, 0) is 31.2 Å². The van der Waals surface area contributed by atoms with Crippen LogP contribution in [0.3, 0.4) is 0 Å². The number of benzene rings is 1. The van der Waals surface area contributed by atoms with E-state index in [2.05, 4.69) is 26.8 Å². The Morgan fingerprint density at radius 2 is 1.93 bits per heavy atom. The zero-order valence-electron chi connectivity index (χ0n) is 9.92. The van der Waals surface area contributed by atoms with Crippen molar-refractivity contribution >= 4 is 5.78 Å². The van der Waals surface area contributed by atoms with Crippen LogP contribution < -0.4 is 0 Å². The van der Waals surface area contributed by atoms with Crippen molar-refractivity contribution < 1.29 is 4.79 Å². The summed E-state index contributed by atoms with van der Waals surface area (Å²) in [5, 5.41) is 0. The molecule has 1 aromatic rings. The Balaban J connectivity index is 2.27. The number of carbonyl (C=O) groups excluding carboxylic acids is 1. The summed E-state index contributed by atoms with van der Waals surface area (Å²) in [6, 6.07) is 6.08. The van der Waals surface area contributed by atoms with Gasteiger partial charge in [0.05, 0.1) is 0 Å². The van der Waals surface area contributed by atoms with E-state index in [1.807, 2.05) is 19.1 Å². The predicted molar refractivity (Wildman–Crippen MR) is 62.1 cm³/mol. The zero-order chi connectivity index (χ0) is 11.2. The summed E-state index contributed by atoms with van der Waals surface area (Å²) in [5.41, 5.74) is 3.48. The van der Waals surface area contributed by atoms with Gasteiger partial charge in [-0.1, -0.05) is 37.6 Å². The van der Waals surface area contributed by atoms with Crippen LogP contribution in [0.25, 0.3) is 0 Å². The van der Waals surface area contributed by atoms with Crippen molar-refractivity contribution in [2.75, 3.05) is 0 Å². The minimum Gasteiger partial charge on any atom is -0.294 e. The highest BCUT2D eigenvalue weighted by atomic mass is 16.1. The van der Waals surface area contributed by atoms with Crippen LogP contribution in [0.5, 0.6) is 0 Å². The van der Waals surface area contributed by atoms with E-state index in [0.717, 1.165) is 17.5 Å². The number of hydrogen-bond donors (Lipinski definition) is 0. The van der Waals surface area contributed by atoms with Gasteiger partial charge in [-0.25, -0.2) is 0 Å². The molecular weight excluding hydrogens is 184 g/mol. The molecule has 15 heavy (non-hydrogen) atoms. The summed E-state index contributed by atoms with van der Waals surface area (Å²) in [5.74, 6) is 0.580. The Morgan fingerprint density at radius 1 is 1.33 bits per heavy atom. The van der Waals surface area contributed by atoms with Crippen LogP contribution in [0.1, 0.15) is 41.8 Å². The molecule has 0 aliphatic heterocycles. The third-order valence-electron chi connectivity index (χ3n) is 3.48. The molecule has 1 aliphatic carbocycles. The minimum absolute atomic E-state index is 0.231. The Bertz CT molecular complexity index is 415. The van der Waals surface area contributed by atoms with E-state index in [9.17, 15) is 4.79 Å². The molecule has 0 aromatic heterocycles. The number of hydrogen-bond acceptors (Lipinski definition) is 1. The lowest BCUT2D eigenvalue weighted by molar-refractivity contribution is 0.0952. The second-order valence-corrected chi connectivity index (χ2v) is 5.43. The van der Waals surface area contributed by atoms with Crippen molar-refractivity contribution in [2.45, 2.75) is 34.1 Å². The molecule has 1 atom stereocenters. The first-order valence-electron chi connectivity index (χ1n) is 5.53. The zero-order valence-corrected chi connectivity index (χ0v) is 9.92. The van der Waals surface area contributed by atoms with Gasteiger partial charge in [0.25, 0.3) is 0 Å². The topological polar surface area (TPSA) is 17.1 Å². The molecule has 1 fully saturated rings. The molecule has 80 valence electrons. The monoisotopic (exact) mass is 202 g/mol. The van der Waals surface area contributed by atoms with Crippen molar-refractivity contribution in [2.24, 2.45) is 11.3 Å². The second-order valence-electron chi connectivity index (χ2n) is 5.43. The lowest BCUT2D eigenvalue weighted by Crippen LogP contribution is -2.08. The first-order valence-corrected chi connectivity index (χ1v) is 5.53. The second kappa shape index (κ2) is 3.19. The molecule has 0 amide bonds. The van der Waals surface area contributed by atoms with Gasteiger partial charge < -0.3 is 0 Å². The van der Waals surface area contributed by atoms with E-state index in [0.29, 0.717) is 5.78 Å². The molecule has 1 nitrogen and oxygen atoms in total. The maximum atomic E-state index is 12.2.